The summed E-state index contributed by atoms with van der Waals surface area (Å²) in [6, 6.07) is 19.4. The Kier molecular flexibility index (Phi) is 10.4. The number of ketones is 1. The first-order valence-electron chi connectivity index (χ1n) is 17.7. The molecule has 1 unspecified atom stereocenters. The predicted octanol–water partition coefficient (Wildman–Crippen LogP) is 6.70. The van der Waals surface area contributed by atoms with Crippen molar-refractivity contribution in [1.29, 1.82) is 0 Å². The minimum Gasteiger partial charge on any atom is -0.453 e. The number of ether oxygens (including phenoxy) is 1. The van der Waals surface area contributed by atoms with Crippen LogP contribution in [-0.2, 0) is 25.5 Å². The number of fused-ring (bicyclic) bond motifs is 1. The molecule has 10 heteroatoms. The van der Waals surface area contributed by atoms with E-state index in [1.807, 2.05) is 50.9 Å². The summed E-state index contributed by atoms with van der Waals surface area (Å²) < 4.78 is 4.73. The van der Waals surface area contributed by atoms with Crippen LogP contribution in [0.3, 0.4) is 0 Å². The first-order chi connectivity index (χ1) is 24.0. The molecule has 3 aromatic carbocycles. The highest BCUT2D eigenvalue weighted by Crippen LogP contribution is 2.34. The number of carbonyl (C=O) groups is 4. The van der Waals surface area contributed by atoms with E-state index in [0.717, 1.165) is 70.4 Å². The number of nitrogens with one attached hydrogen (secondary N) is 2. The van der Waals surface area contributed by atoms with Gasteiger partial charge in [-0.3, -0.25) is 14.4 Å². The van der Waals surface area contributed by atoms with E-state index in [2.05, 4.69) is 63.8 Å². The third-order valence-corrected chi connectivity index (χ3v) is 10.1. The Bertz CT molecular complexity index is 1880. The smallest absolute Gasteiger partial charge is 0.407 e. The van der Waals surface area contributed by atoms with Crippen LogP contribution in [0, 0.1) is 11.8 Å². The zero-order chi connectivity index (χ0) is 35.5. The maximum absolute atomic E-state index is 13.7. The summed E-state index contributed by atoms with van der Waals surface area (Å²) in [7, 11) is 1.27. The van der Waals surface area contributed by atoms with E-state index < -0.39 is 18.2 Å². The van der Waals surface area contributed by atoms with Crippen molar-refractivity contribution in [3.05, 3.63) is 78.2 Å². The maximum Gasteiger partial charge on any atom is 0.407 e. The number of nitrogens with zero attached hydrogens (tertiary/aromatic N) is 3. The van der Waals surface area contributed by atoms with Gasteiger partial charge in [-0.2, -0.15) is 0 Å². The molecule has 3 heterocycles. The van der Waals surface area contributed by atoms with E-state index in [4.69, 9.17) is 4.74 Å². The predicted molar refractivity (Wildman–Crippen MR) is 193 cm³/mol. The first kappa shape index (κ1) is 34.9. The second kappa shape index (κ2) is 14.9. The number of benzene rings is 3. The van der Waals surface area contributed by atoms with E-state index in [9.17, 15) is 19.2 Å². The Morgan fingerprint density at radius 3 is 2.30 bits per heavy atom. The van der Waals surface area contributed by atoms with Crippen LogP contribution in [0.2, 0.25) is 0 Å². The van der Waals surface area contributed by atoms with Crippen LogP contribution in [0.25, 0.3) is 33.2 Å². The van der Waals surface area contributed by atoms with Gasteiger partial charge in [0.1, 0.15) is 11.9 Å². The fourth-order valence-corrected chi connectivity index (χ4v) is 7.37. The number of likely N-dealkylation sites (tertiary alicyclic amines) is 2. The van der Waals surface area contributed by atoms with Gasteiger partial charge in [0.05, 0.1) is 31.1 Å². The SMILES string of the molecule is COC(=O)N[C@H](C(=O)N1CCC[C@H]1C(=O)Cc1cccc2cc(-c3ccc(-c4cnc(C5CCCN5C(=O)C(C)C)[nH]4)cc3)ccc12)C(C)C. The van der Waals surface area contributed by atoms with Crippen molar-refractivity contribution in [3.63, 3.8) is 0 Å². The van der Waals surface area contributed by atoms with Crippen molar-refractivity contribution in [3.8, 4) is 22.4 Å². The number of alkyl carbamates (subject to hydrolysis) is 1. The van der Waals surface area contributed by atoms with E-state index in [1.165, 1.54) is 7.11 Å². The molecule has 2 saturated heterocycles. The Hall–Kier alpha value is -4.99. The lowest BCUT2D eigenvalue weighted by Crippen LogP contribution is -2.53. The molecule has 50 heavy (non-hydrogen) atoms. The molecule has 0 aliphatic carbocycles. The Labute approximate surface area is 293 Å². The number of aromatic amines is 1. The lowest BCUT2D eigenvalue weighted by atomic mass is 9.94. The zero-order valence-corrected chi connectivity index (χ0v) is 29.6. The number of rotatable bonds is 10. The Morgan fingerprint density at radius 1 is 0.880 bits per heavy atom. The quantitative estimate of drug-likeness (QED) is 0.193. The van der Waals surface area contributed by atoms with Crippen LogP contribution >= 0.6 is 0 Å². The van der Waals surface area contributed by atoms with E-state index in [1.54, 1.807) is 4.90 Å². The van der Waals surface area contributed by atoms with Gasteiger partial charge in [0.15, 0.2) is 5.78 Å². The first-order valence-corrected chi connectivity index (χ1v) is 17.7. The van der Waals surface area contributed by atoms with E-state index in [0.29, 0.717) is 13.0 Å². The molecular formula is C40H47N5O5. The summed E-state index contributed by atoms with van der Waals surface area (Å²) >= 11 is 0. The molecule has 6 rings (SSSR count). The van der Waals surface area contributed by atoms with Crippen molar-refractivity contribution >= 4 is 34.5 Å². The number of hydrogen-bond donors (Lipinski definition) is 2. The summed E-state index contributed by atoms with van der Waals surface area (Å²) in [6.45, 7) is 8.86. The summed E-state index contributed by atoms with van der Waals surface area (Å²) in [5.41, 5.74) is 5.01. The molecule has 3 atom stereocenters. The molecule has 0 bridgehead atoms. The highest BCUT2D eigenvalue weighted by atomic mass is 16.5. The van der Waals surface area contributed by atoms with Crippen LogP contribution in [-0.4, -0.2) is 75.7 Å². The average molecular weight is 678 g/mol. The second-order valence-corrected chi connectivity index (χ2v) is 14.1. The normalized spacial score (nSPS) is 18.2. The van der Waals surface area contributed by atoms with Crippen LogP contribution in [0.5, 0.6) is 0 Å². The zero-order valence-electron chi connectivity index (χ0n) is 29.6. The fraction of sp³-hybridized carbons (Fsp3) is 0.425. The molecule has 4 aromatic rings. The number of hydrogen-bond acceptors (Lipinski definition) is 6. The van der Waals surface area contributed by atoms with Crippen molar-refractivity contribution in [1.82, 2.24) is 25.1 Å². The largest absolute Gasteiger partial charge is 0.453 e. The van der Waals surface area contributed by atoms with Gasteiger partial charge in [0, 0.05) is 25.4 Å². The van der Waals surface area contributed by atoms with E-state index >= 15 is 0 Å². The van der Waals surface area contributed by atoms with Gasteiger partial charge in [-0.1, -0.05) is 82.3 Å². The van der Waals surface area contributed by atoms with E-state index in [-0.39, 0.29) is 41.9 Å². The summed E-state index contributed by atoms with van der Waals surface area (Å²) in [4.78, 5) is 63.6. The molecular weight excluding hydrogens is 630 g/mol. The Balaban J connectivity index is 1.15. The van der Waals surface area contributed by atoms with Gasteiger partial charge in [0.2, 0.25) is 11.8 Å². The molecule has 0 radical (unpaired) electrons. The topological polar surface area (TPSA) is 125 Å². The number of amides is 3. The lowest BCUT2D eigenvalue weighted by molar-refractivity contribution is -0.139. The van der Waals surface area contributed by atoms with Gasteiger partial charge in [-0.25, -0.2) is 9.78 Å². The van der Waals surface area contributed by atoms with Crippen LogP contribution in [0.4, 0.5) is 4.79 Å². The van der Waals surface area contributed by atoms with Gasteiger partial charge < -0.3 is 24.8 Å². The van der Waals surface area contributed by atoms with Crippen molar-refractivity contribution in [2.75, 3.05) is 20.2 Å². The fourth-order valence-electron chi connectivity index (χ4n) is 7.37. The van der Waals surface area contributed by atoms with Crippen LogP contribution in [0.1, 0.15) is 70.8 Å². The summed E-state index contributed by atoms with van der Waals surface area (Å²) in [6.07, 6.45) is 4.64. The molecule has 10 nitrogen and oxygen atoms in total. The molecule has 3 amide bonds. The Morgan fingerprint density at radius 2 is 1.58 bits per heavy atom. The summed E-state index contributed by atoms with van der Waals surface area (Å²) in [5, 5.41) is 4.69. The van der Waals surface area contributed by atoms with Crippen molar-refractivity contribution in [2.45, 2.75) is 77.9 Å². The average Bonchev–Trinajstić information content (AvgIpc) is 3.91. The monoisotopic (exact) mass is 677 g/mol. The highest BCUT2D eigenvalue weighted by Gasteiger charge is 2.38. The molecule has 2 aliphatic rings. The van der Waals surface area contributed by atoms with Gasteiger partial charge in [0.25, 0.3) is 0 Å². The molecule has 1 aromatic heterocycles. The number of imidazole rings is 1. The van der Waals surface area contributed by atoms with Crippen LogP contribution < -0.4 is 5.32 Å². The molecule has 0 spiro atoms. The molecule has 2 N–H and O–H groups in total. The number of H-pyrrole nitrogens is 1. The number of methoxy groups -OCH3 is 1. The standard InChI is InChI=1S/C40H47N5O5/c1-24(2)36(43-40(49)50-5)39(48)44-19-7-11-33(44)35(46)22-30-10-6-9-29-21-28(17-18-31(29)30)26-13-15-27(16-14-26)32-23-41-37(42-32)34-12-8-20-45(34)38(47)25(3)4/h6,9-10,13-18,21,23-25,33-34,36H,7-8,11-12,19-20,22H2,1-5H3,(H,41,42)(H,43,49)/t33-,34?,36-/m0/s1. The third kappa shape index (κ3) is 7.15. The second-order valence-electron chi connectivity index (χ2n) is 14.1. The molecule has 2 fully saturated rings. The molecule has 262 valence electrons. The van der Waals surface area contributed by atoms with Crippen molar-refractivity contribution < 1.29 is 23.9 Å². The minimum atomic E-state index is -0.762. The lowest BCUT2D eigenvalue weighted by Gasteiger charge is -2.30. The molecule has 0 saturated carbocycles. The molecule has 2 aliphatic heterocycles. The third-order valence-electron chi connectivity index (χ3n) is 10.1. The number of Topliss-reactive ketones (excluding diaryl/α,β-unsaturated/α-hetero) is 1. The van der Waals surface area contributed by atoms with Gasteiger partial charge >= 0.3 is 6.09 Å². The van der Waals surface area contributed by atoms with Crippen molar-refractivity contribution in [2.24, 2.45) is 11.8 Å². The van der Waals surface area contributed by atoms with Crippen LogP contribution in [0.15, 0.2) is 66.9 Å². The van der Waals surface area contributed by atoms with Gasteiger partial charge in [-0.15, -0.1) is 0 Å². The highest BCUT2D eigenvalue weighted by molar-refractivity contribution is 5.97. The number of aromatic nitrogens is 2. The van der Waals surface area contributed by atoms with Gasteiger partial charge in [-0.05, 0) is 70.7 Å². The summed E-state index contributed by atoms with van der Waals surface area (Å²) in [5.74, 6) is 0.558. The number of carbonyl (C=O) groups excluding carboxylic acids is 4. The minimum absolute atomic E-state index is 0.00212. The maximum atomic E-state index is 13.7.